The summed E-state index contributed by atoms with van der Waals surface area (Å²) in [5.41, 5.74) is -0.262. The third-order valence-electron chi connectivity index (χ3n) is 6.20. The van der Waals surface area contributed by atoms with Crippen molar-refractivity contribution in [1.29, 1.82) is 0 Å². The maximum Gasteiger partial charge on any atom is 0.111 e. The molecular formula is C19H33F. The zero-order chi connectivity index (χ0) is 15.9. The van der Waals surface area contributed by atoms with Crippen LogP contribution >= 0.6 is 0 Å². The first kappa shape index (κ1) is 17.5. The SMILES string of the molecule is C=C[C@]1(C(C)C)C[C@H](C)C(C)(F)C[C@@]1(C)C(=C)C(C)C. The fourth-order valence-electron chi connectivity index (χ4n) is 4.44. The molecule has 1 heteroatoms. The number of rotatable bonds is 4. The summed E-state index contributed by atoms with van der Waals surface area (Å²) in [6, 6.07) is 0. The Labute approximate surface area is 125 Å². The summed E-state index contributed by atoms with van der Waals surface area (Å²) >= 11 is 0. The average molecular weight is 280 g/mol. The summed E-state index contributed by atoms with van der Waals surface area (Å²) in [6.07, 6.45) is 3.49. The Morgan fingerprint density at radius 3 is 2.10 bits per heavy atom. The van der Waals surface area contributed by atoms with Crippen LogP contribution in [-0.2, 0) is 0 Å². The van der Waals surface area contributed by atoms with E-state index in [0.29, 0.717) is 18.3 Å². The molecule has 0 spiro atoms. The Hall–Kier alpha value is -0.590. The molecule has 0 bridgehead atoms. The van der Waals surface area contributed by atoms with Crippen LogP contribution in [0.15, 0.2) is 24.8 Å². The highest BCUT2D eigenvalue weighted by Crippen LogP contribution is 2.64. The Balaban J connectivity index is 3.46. The highest BCUT2D eigenvalue weighted by atomic mass is 19.1. The van der Waals surface area contributed by atoms with E-state index in [-0.39, 0.29) is 16.7 Å². The topological polar surface area (TPSA) is 0 Å². The average Bonchev–Trinajstić information content (AvgIpc) is 2.31. The van der Waals surface area contributed by atoms with Crippen molar-refractivity contribution < 1.29 is 4.39 Å². The second kappa shape index (κ2) is 5.31. The van der Waals surface area contributed by atoms with Crippen molar-refractivity contribution in [2.45, 2.75) is 67.0 Å². The highest BCUT2D eigenvalue weighted by Gasteiger charge is 2.59. The molecule has 0 N–H and O–H groups in total. The van der Waals surface area contributed by atoms with Crippen molar-refractivity contribution in [1.82, 2.24) is 0 Å². The van der Waals surface area contributed by atoms with Gasteiger partial charge in [-0.05, 0) is 42.9 Å². The molecule has 1 rings (SSSR count). The molecule has 0 aromatic heterocycles. The quantitative estimate of drug-likeness (QED) is 0.538. The van der Waals surface area contributed by atoms with Crippen molar-refractivity contribution >= 4 is 0 Å². The van der Waals surface area contributed by atoms with E-state index in [1.165, 1.54) is 5.57 Å². The molecule has 0 amide bonds. The van der Waals surface area contributed by atoms with Crippen LogP contribution in [0.3, 0.4) is 0 Å². The van der Waals surface area contributed by atoms with Gasteiger partial charge in [-0.2, -0.15) is 0 Å². The summed E-state index contributed by atoms with van der Waals surface area (Å²) in [6.45, 7) is 23.3. The van der Waals surface area contributed by atoms with E-state index in [9.17, 15) is 0 Å². The Morgan fingerprint density at radius 2 is 1.75 bits per heavy atom. The molecule has 0 aromatic rings. The van der Waals surface area contributed by atoms with Crippen LogP contribution in [0.5, 0.6) is 0 Å². The van der Waals surface area contributed by atoms with E-state index >= 15 is 4.39 Å². The molecule has 116 valence electrons. The van der Waals surface area contributed by atoms with E-state index in [2.05, 4.69) is 53.9 Å². The van der Waals surface area contributed by atoms with E-state index in [1.54, 1.807) is 6.92 Å². The number of hydrogen-bond donors (Lipinski definition) is 0. The molecular weight excluding hydrogens is 247 g/mol. The van der Waals surface area contributed by atoms with Crippen molar-refractivity contribution in [3.8, 4) is 0 Å². The molecule has 1 unspecified atom stereocenters. The Bertz CT molecular complexity index is 391. The zero-order valence-corrected chi connectivity index (χ0v) is 14.5. The highest BCUT2D eigenvalue weighted by molar-refractivity contribution is 5.26. The van der Waals surface area contributed by atoms with Gasteiger partial charge in [0.1, 0.15) is 5.67 Å². The first-order chi connectivity index (χ1) is 8.94. The van der Waals surface area contributed by atoms with Gasteiger partial charge in [0, 0.05) is 5.41 Å². The van der Waals surface area contributed by atoms with Crippen molar-refractivity contribution in [3.63, 3.8) is 0 Å². The minimum absolute atomic E-state index is 0.0518. The van der Waals surface area contributed by atoms with Crippen molar-refractivity contribution in [3.05, 3.63) is 24.8 Å². The van der Waals surface area contributed by atoms with Crippen LogP contribution in [0.4, 0.5) is 4.39 Å². The van der Waals surface area contributed by atoms with Gasteiger partial charge in [-0.25, -0.2) is 4.39 Å². The summed E-state index contributed by atoms with van der Waals surface area (Å²) in [5, 5.41) is 0. The van der Waals surface area contributed by atoms with Gasteiger partial charge in [-0.15, -0.1) is 6.58 Å². The summed E-state index contributed by atoms with van der Waals surface area (Å²) in [5.74, 6) is 0.845. The third-order valence-corrected chi connectivity index (χ3v) is 6.20. The predicted octanol–water partition coefficient (Wildman–Crippen LogP) is 6.19. The minimum atomic E-state index is -1.13. The molecule has 1 fully saturated rings. The lowest BCUT2D eigenvalue weighted by Gasteiger charge is -2.60. The fourth-order valence-corrected chi connectivity index (χ4v) is 4.44. The van der Waals surface area contributed by atoms with Gasteiger partial charge < -0.3 is 0 Å². The van der Waals surface area contributed by atoms with Crippen LogP contribution < -0.4 is 0 Å². The molecule has 4 atom stereocenters. The van der Waals surface area contributed by atoms with Crippen LogP contribution in [0, 0.1) is 28.6 Å². The maximum absolute atomic E-state index is 15.1. The smallest absolute Gasteiger partial charge is 0.111 e. The lowest BCUT2D eigenvalue weighted by Crippen LogP contribution is -2.55. The molecule has 1 aliphatic carbocycles. The summed E-state index contributed by atoms with van der Waals surface area (Å²) < 4.78 is 15.1. The molecule has 0 nitrogen and oxygen atoms in total. The van der Waals surface area contributed by atoms with E-state index in [1.807, 2.05) is 6.92 Å². The Morgan fingerprint density at radius 1 is 1.25 bits per heavy atom. The third kappa shape index (κ3) is 2.38. The molecule has 1 saturated carbocycles. The molecule has 0 aliphatic heterocycles. The summed E-state index contributed by atoms with van der Waals surface area (Å²) in [7, 11) is 0. The predicted molar refractivity (Wildman–Crippen MR) is 87.5 cm³/mol. The second-order valence-corrected chi connectivity index (χ2v) is 7.97. The van der Waals surface area contributed by atoms with Gasteiger partial charge in [0.05, 0.1) is 0 Å². The molecule has 0 aromatic carbocycles. The lowest BCUT2D eigenvalue weighted by atomic mass is 9.45. The van der Waals surface area contributed by atoms with E-state index in [0.717, 1.165) is 6.42 Å². The van der Waals surface area contributed by atoms with Gasteiger partial charge in [-0.1, -0.05) is 59.8 Å². The first-order valence-corrected chi connectivity index (χ1v) is 7.96. The van der Waals surface area contributed by atoms with Gasteiger partial charge in [0.25, 0.3) is 0 Å². The standard InChI is InChI=1S/C19H33F/c1-10-19(14(4)5)11-15(6)18(9,20)12-17(19,8)16(7)13(2)3/h10,13-15H,1,7,11-12H2,2-6,8-9H3/t15-,17-,18?,19+/m0/s1. The number of allylic oxidation sites excluding steroid dienone is 2. The second-order valence-electron chi connectivity index (χ2n) is 7.97. The molecule has 20 heavy (non-hydrogen) atoms. The van der Waals surface area contributed by atoms with Gasteiger partial charge in [-0.3, -0.25) is 0 Å². The Kier molecular flexibility index (Phi) is 4.64. The lowest BCUT2D eigenvalue weighted by molar-refractivity contribution is -0.0838. The van der Waals surface area contributed by atoms with Crippen LogP contribution in [0.25, 0.3) is 0 Å². The molecule has 0 heterocycles. The molecule has 1 aliphatic rings. The van der Waals surface area contributed by atoms with Crippen molar-refractivity contribution in [2.75, 3.05) is 0 Å². The maximum atomic E-state index is 15.1. The molecule has 0 saturated heterocycles. The van der Waals surface area contributed by atoms with Crippen LogP contribution in [-0.4, -0.2) is 5.67 Å². The zero-order valence-electron chi connectivity index (χ0n) is 14.5. The number of halogens is 1. The molecule has 0 radical (unpaired) electrons. The fraction of sp³-hybridized carbons (Fsp3) is 0.789. The van der Waals surface area contributed by atoms with E-state index < -0.39 is 5.67 Å². The number of alkyl halides is 1. The largest absolute Gasteiger partial charge is 0.244 e. The van der Waals surface area contributed by atoms with Crippen LogP contribution in [0.1, 0.15) is 61.3 Å². The van der Waals surface area contributed by atoms with Crippen LogP contribution in [0.2, 0.25) is 0 Å². The monoisotopic (exact) mass is 280 g/mol. The minimum Gasteiger partial charge on any atom is -0.244 e. The van der Waals surface area contributed by atoms with Gasteiger partial charge in [0.15, 0.2) is 0 Å². The number of hydrogen-bond acceptors (Lipinski definition) is 0. The summed E-state index contributed by atoms with van der Waals surface area (Å²) in [4.78, 5) is 0. The van der Waals surface area contributed by atoms with Gasteiger partial charge in [0.2, 0.25) is 0 Å². The first-order valence-electron chi connectivity index (χ1n) is 7.96. The van der Waals surface area contributed by atoms with E-state index in [4.69, 9.17) is 0 Å². The van der Waals surface area contributed by atoms with Crippen molar-refractivity contribution in [2.24, 2.45) is 28.6 Å². The van der Waals surface area contributed by atoms with Gasteiger partial charge >= 0.3 is 0 Å². The normalized spacial score (nSPS) is 42.0.